The van der Waals surface area contributed by atoms with E-state index in [1.54, 1.807) is 22.0 Å². The highest BCUT2D eigenvalue weighted by Gasteiger charge is 2.22. The van der Waals surface area contributed by atoms with Crippen LogP contribution in [0, 0.1) is 0 Å². The Kier molecular flexibility index (Phi) is 2.49. The molecule has 0 aromatic carbocycles. The van der Waals surface area contributed by atoms with Gasteiger partial charge >= 0.3 is 6.03 Å². The maximum Gasteiger partial charge on any atom is 0.415 e. The van der Waals surface area contributed by atoms with Crippen LogP contribution in [0.3, 0.4) is 0 Å². The highest BCUT2D eigenvalue weighted by atomic mass is 16.5. The highest BCUT2D eigenvalue weighted by molar-refractivity contribution is 5.76. The third-order valence-electron chi connectivity index (χ3n) is 2.27. The fourth-order valence-corrected chi connectivity index (χ4v) is 1.48. The Labute approximate surface area is 82.5 Å². The van der Waals surface area contributed by atoms with E-state index in [1.807, 2.05) is 17.8 Å². The van der Waals surface area contributed by atoms with Gasteiger partial charge in [0.1, 0.15) is 12.4 Å². The van der Waals surface area contributed by atoms with E-state index in [1.165, 1.54) is 0 Å². The smallest absolute Gasteiger partial charge is 0.378 e. The van der Waals surface area contributed by atoms with Crippen LogP contribution in [0.1, 0.15) is 0 Å². The van der Waals surface area contributed by atoms with Crippen molar-refractivity contribution in [1.29, 1.82) is 0 Å². The van der Waals surface area contributed by atoms with Crippen molar-refractivity contribution in [2.75, 3.05) is 26.3 Å². The number of hydrogen-bond acceptors (Lipinski definition) is 2. The average molecular weight is 196 g/mol. The summed E-state index contributed by atoms with van der Waals surface area (Å²) in [5.74, 6) is 0. The first-order chi connectivity index (χ1) is 6.77. The second-order valence-electron chi connectivity index (χ2n) is 3.37. The van der Waals surface area contributed by atoms with Crippen molar-refractivity contribution in [2.24, 2.45) is 7.05 Å². The number of hydrogen-bond donors (Lipinski definition) is 0. The predicted molar refractivity (Wildman–Crippen MR) is 48.8 cm³/mol. The Morgan fingerprint density at radius 1 is 1.43 bits per heavy atom. The lowest BCUT2D eigenvalue weighted by atomic mass is 10.4. The van der Waals surface area contributed by atoms with Gasteiger partial charge in [0.15, 0.2) is 0 Å². The summed E-state index contributed by atoms with van der Waals surface area (Å²) < 4.78 is 8.62. The van der Waals surface area contributed by atoms with Crippen molar-refractivity contribution < 1.29 is 14.1 Å². The molecule has 1 aliphatic heterocycles. The van der Waals surface area contributed by atoms with Gasteiger partial charge in [-0.2, -0.15) is 4.57 Å². The van der Waals surface area contributed by atoms with Gasteiger partial charge < -0.3 is 4.74 Å². The zero-order valence-electron chi connectivity index (χ0n) is 8.22. The van der Waals surface area contributed by atoms with E-state index < -0.39 is 0 Å². The summed E-state index contributed by atoms with van der Waals surface area (Å²) >= 11 is 0. The molecule has 1 saturated heterocycles. The number of carbonyl (C=O) groups excluding carboxylic acids is 1. The number of imidazole rings is 1. The third-order valence-corrected chi connectivity index (χ3v) is 2.27. The van der Waals surface area contributed by atoms with Gasteiger partial charge in [0.2, 0.25) is 0 Å². The van der Waals surface area contributed by atoms with Crippen molar-refractivity contribution in [3.05, 3.63) is 18.7 Å². The lowest BCUT2D eigenvalue weighted by molar-refractivity contribution is -0.670. The van der Waals surface area contributed by atoms with Gasteiger partial charge in [0, 0.05) is 13.1 Å². The first-order valence-corrected chi connectivity index (χ1v) is 4.67. The van der Waals surface area contributed by atoms with Gasteiger partial charge in [-0.3, -0.25) is 4.90 Å². The summed E-state index contributed by atoms with van der Waals surface area (Å²) in [6.45, 7) is 2.64. The molecule has 1 amide bonds. The maximum absolute atomic E-state index is 11.8. The molecule has 0 radical (unpaired) electrons. The standard InChI is InChI=1S/C9H14N3O2/c1-10-2-3-12(8-10)9(13)11-4-6-14-7-5-11/h2-3,8H,4-7H2,1H3/q+1. The van der Waals surface area contributed by atoms with E-state index in [9.17, 15) is 4.79 Å². The number of ether oxygens (including phenoxy) is 1. The third kappa shape index (κ3) is 1.77. The Bertz CT molecular complexity index is 329. The molecular formula is C9H14N3O2+. The molecule has 5 heteroatoms. The quantitative estimate of drug-likeness (QED) is 0.530. The van der Waals surface area contributed by atoms with Gasteiger partial charge in [-0.25, -0.2) is 9.36 Å². The number of nitrogens with zero attached hydrogens (tertiary/aromatic N) is 3. The van der Waals surface area contributed by atoms with Crippen LogP contribution in [0.2, 0.25) is 0 Å². The van der Waals surface area contributed by atoms with E-state index in [-0.39, 0.29) is 6.03 Å². The van der Waals surface area contributed by atoms with Gasteiger partial charge in [-0.15, -0.1) is 0 Å². The molecule has 0 bridgehead atoms. The predicted octanol–water partition coefficient (Wildman–Crippen LogP) is -0.387. The Balaban J connectivity index is 2.07. The molecule has 0 atom stereocenters. The highest BCUT2D eigenvalue weighted by Crippen LogP contribution is 2.00. The van der Waals surface area contributed by atoms with E-state index in [0.717, 1.165) is 0 Å². The fourth-order valence-electron chi connectivity index (χ4n) is 1.48. The number of morpholine rings is 1. The number of aromatic nitrogens is 2. The zero-order valence-corrected chi connectivity index (χ0v) is 8.22. The number of carbonyl (C=O) groups is 1. The minimum Gasteiger partial charge on any atom is -0.378 e. The molecule has 2 rings (SSSR count). The SMILES string of the molecule is C[n+]1ccn(C(=O)N2CCOCC2)c1. The molecule has 1 aliphatic rings. The monoisotopic (exact) mass is 196 g/mol. The fraction of sp³-hybridized carbons (Fsp3) is 0.556. The van der Waals surface area contributed by atoms with Crippen LogP contribution in [0.15, 0.2) is 18.7 Å². The van der Waals surface area contributed by atoms with Crippen LogP contribution < -0.4 is 4.57 Å². The molecule has 5 nitrogen and oxygen atoms in total. The van der Waals surface area contributed by atoms with Gasteiger partial charge in [-0.05, 0) is 0 Å². The molecule has 1 fully saturated rings. The van der Waals surface area contributed by atoms with E-state index in [4.69, 9.17) is 4.74 Å². The Morgan fingerprint density at radius 2 is 2.14 bits per heavy atom. The van der Waals surface area contributed by atoms with E-state index in [2.05, 4.69) is 0 Å². The largest absolute Gasteiger partial charge is 0.415 e. The van der Waals surface area contributed by atoms with E-state index in [0.29, 0.717) is 26.3 Å². The summed E-state index contributed by atoms with van der Waals surface area (Å²) in [7, 11) is 1.89. The van der Waals surface area contributed by atoms with Crippen molar-refractivity contribution in [3.8, 4) is 0 Å². The number of rotatable bonds is 0. The van der Waals surface area contributed by atoms with Crippen molar-refractivity contribution in [2.45, 2.75) is 0 Å². The summed E-state index contributed by atoms with van der Waals surface area (Å²) in [6.07, 6.45) is 5.37. The number of amides is 1. The molecule has 0 saturated carbocycles. The number of aryl methyl sites for hydroxylation is 1. The lowest BCUT2D eigenvalue weighted by Gasteiger charge is -2.24. The molecule has 1 aromatic heterocycles. The van der Waals surface area contributed by atoms with Crippen LogP contribution >= 0.6 is 0 Å². The Hall–Kier alpha value is -1.36. The Morgan fingerprint density at radius 3 is 2.71 bits per heavy atom. The first-order valence-electron chi connectivity index (χ1n) is 4.67. The van der Waals surface area contributed by atoms with Crippen LogP contribution in [0.25, 0.3) is 0 Å². The normalized spacial score (nSPS) is 17.1. The molecule has 1 aromatic rings. The van der Waals surface area contributed by atoms with Crippen molar-refractivity contribution >= 4 is 6.03 Å². The summed E-state index contributed by atoms with van der Waals surface area (Å²) in [4.78, 5) is 13.6. The second-order valence-corrected chi connectivity index (χ2v) is 3.37. The molecule has 76 valence electrons. The van der Waals surface area contributed by atoms with Gasteiger partial charge in [-0.1, -0.05) is 0 Å². The first kappa shape index (κ1) is 9.21. The second kappa shape index (κ2) is 3.79. The molecule has 14 heavy (non-hydrogen) atoms. The van der Waals surface area contributed by atoms with Crippen LogP contribution in [0.4, 0.5) is 4.79 Å². The molecule has 0 unspecified atom stereocenters. The summed E-state index contributed by atoms with van der Waals surface area (Å²) in [5, 5.41) is 0. The molecular weight excluding hydrogens is 182 g/mol. The minimum atomic E-state index is 0.0221. The summed E-state index contributed by atoms with van der Waals surface area (Å²) in [6, 6.07) is 0.0221. The van der Waals surface area contributed by atoms with Crippen LogP contribution in [-0.2, 0) is 11.8 Å². The van der Waals surface area contributed by atoms with Crippen molar-refractivity contribution in [3.63, 3.8) is 0 Å². The molecule has 0 spiro atoms. The topological polar surface area (TPSA) is 38.3 Å². The maximum atomic E-state index is 11.8. The molecule has 2 heterocycles. The molecule has 0 aliphatic carbocycles. The van der Waals surface area contributed by atoms with Crippen LogP contribution in [0.5, 0.6) is 0 Å². The average Bonchev–Trinajstić information content (AvgIpc) is 2.65. The van der Waals surface area contributed by atoms with Gasteiger partial charge in [0.25, 0.3) is 6.33 Å². The van der Waals surface area contributed by atoms with Gasteiger partial charge in [0.05, 0.1) is 20.3 Å². The summed E-state index contributed by atoms with van der Waals surface area (Å²) in [5.41, 5.74) is 0. The lowest BCUT2D eigenvalue weighted by Crippen LogP contribution is -2.43. The molecule has 0 N–H and O–H groups in total. The van der Waals surface area contributed by atoms with Crippen molar-refractivity contribution in [1.82, 2.24) is 9.47 Å². The van der Waals surface area contributed by atoms with E-state index >= 15 is 0 Å². The minimum absolute atomic E-state index is 0.0221. The zero-order chi connectivity index (χ0) is 9.97. The van der Waals surface area contributed by atoms with Crippen LogP contribution in [-0.4, -0.2) is 41.8 Å².